The Morgan fingerprint density at radius 2 is 2.00 bits per heavy atom. The van der Waals surface area contributed by atoms with Crippen LogP contribution in [-0.2, 0) is 0 Å². The quantitative estimate of drug-likeness (QED) is 0.869. The summed E-state index contributed by atoms with van der Waals surface area (Å²) in [6.45, 7) is 9.19. The molecule has 0 amide bonds. The van der Waals surface area contributed by atoms with Crippen LogP contribution in [0.25, 0.3) is 0 Å². The topological polar surface area (TPSA) is 38.3 Å². The number of hydrogen-bond donors (Lipinski definition) is 1. The molecule has 0 aliphatic carbocycles. The van der Waals surface area contributed by atoms with Crippen LogP contribution in [0.2, 0.25) is 0 Å². The molecular formula is C15H20BrNO2. The van der Waals surface area contributed by atoms with Crippen LogP contribution in [0.15, 0.2) is 25.6 Å². The van der Waals surface area contributed by atoms with Crippen molar-refractivity contribution in [1.82, 2.24) is 5.32 Å². The minimum atomic E-state index is 0.0294. The van der Waals surface area contributed by atoms with Crippen LogP contribution < -0.4 is 5.32 Å². The van der Waals surface area contributed by atoms with E-state index in [4.69, 9.17) is 8.83 Å². The lowest BCUT2D eigenvalue weighted by molar-refractivity contribution is 0.435. The third-order valence-electron chi connectivity index (χ3n) is 3.41. The molecule has 0 radical (unpaired) electrons. The second-order valence-corrected chi connectivity index (χ2v) is 5.63. The van der Waals surface area contributed by atoms with Gasteiger partial charge >= 0.3 is 0 Å². The molecular weight excluding hydrogens is 306 g/mol. The maximum atomic E-state index is 5.75. The summed E-state index contributed by atoms with van der Waals surface area (Å²) in [4.78, 5) is 0. The lowest BCUT2D eigenvalue weighted by Gasteiger charge is -2.17. The van der Waals surface area contributed by atoms with Gasteiger partial charge in [0.2, 0.25) is 0 Å². The minimum Gasteiger partial charge on any atom is -0.466 e. The zero-order chi connectivity index (χ0) is 14.0. The molecule has 19 heavy (non-hydrogen) atoms. The number of nitrogens with one attached hydrogen (secondary N) is 1. The fourth-order valence-electron chi connectivity index (χ4n) is 2.36. The Bertz CT molecular complexity index is 556. The maximum absolute atomic E-state index is 5.75. The first-order valence-corrected chi connectivity index (χ1v) is 7.38. The molecule has 0 aromatic carbocycles. The van der Waals surface area contributed by atoms with E-state index in [0.717, 1.165) is 34.7 Å². The Balaban J connectivity index is 2.46. The third-order valence-corrected chi connectivity index (χ3v) is 4.07. The molecule has 2 rings (SSSR count). The molecule has 0 aliphatic heterocycles. The SMILES string of the molecule is CCCNC(c1occc1Br)c1c(C)oc(C)c1C. The van der Waals surface area contributed by atoms with E-state index in [0.29, 0.717) is 0 Å². The van der Waals surface area contributed by atoms with Gasteiger partial charge in [0, 0.05) is 5.56 Å². The second kappa shape index (κ2) is 5.97. The van der Waals surface area contributed by atoms with Gasteiger partial charge in [0.05, 0.1) is 16.8 Å². The van der Waals surface area contributed by atoms with Gasteiger partial charge in [0.25, 0.3) is 0 Å². The van der Waals surface area contributed by atoms with E-state index in [2.05, 4.69) is 35.1 Å². The van der Waals surface area contributed by atoms with Gasteiger partial charge in [-0.25, -0.2) is 0 Å². The van der Waals surface area contributed by atoms with Crippen LogP contribution in [0.5, 0.6) is 0 Å². The van der Waals surface area contributed by atoms with Crippen LogP contribution in [0.4, 0.5) is 0 Å². The zero-order valence-electron chi connectivity index (χ0n) is 11.8. The first-order chi connectivity index (χ1) is 9.06. The van der Waals surface area contributed by atoms with Gasteiger partial charge in [-0.2, -0.15) is 0 Å². The van der Waals surface area contributed by atoms with E-state index in [9.17, 15) is 0 Å². The van der Waals surface area contributed by atoms with Crippen molar-refractivity contribution in [3.05, 3.63) is 45.2 Å². The molecule has 0 spiro atoms. The van der Waals surface area contributed by atoms with Crippen LogP contribution in [0, 0.1) is 20.8 Å². The van der Waals surface area contributed by atoms with E-state index in [1.165, 1.54) is 11.1 Å². The molecule has 0 bridgehead atoms. The molecule has 2 aromatic heterocycles. The van der Waals surface area contributed by atoms with Crippen molar-refractivity contribution < 1.29 is 8.83 Å². The largest absolute Gasteiger partial charge is 0.466 e. The molecule has 1 N–H and O–H groups in total. The summed E-state index contributed by atoms with van der Waals surface area (Å²) in [6.07, 6.45) is 2.78. The predicted molar refractivity (Wildman–Crippen MR) is 79.5 cm³/mol. The average Bonchev–Trinajstić information content (AvgIpc) is 2.88. The first kappa shape index (κ1) is 14.4. The third kappa shape index (κ3) is 2.79. The highest BCUT2D eigenvalue weighted by atomic mass is 79.9. The molecule has 104 valence electrons. The highest BCUT2D eigenvalue weighted by Crippen LogP contribution is 2.35. The molecule has 2 heterocycles. The minimum absolute atomic E-state index is 0.0294. The summed E-state index contributed by atoms with van der Waals surface area (Å²) in [5.74, 6) is 2.82. The number of aryl methyl sites for hydroxylation is 2. The van der Waals surface area contributed by atoms with Crippen molar-refractivity contribution in [3.63, 3.8) is 0 Å². The highest BCUT2D eigenvalue weighted by Gasteiger charge is 2.26. The summed E-state index contributed by atoms with van der Waals surface area (Å²) in [5.41, 5.74) is 2.37. The molecule has 4 heteroatoms. The maximum Gasteiger partial charge on any atom is 0.139 e. The van der Waals surface area contributed by atoms with Crippen molar-refractivity contribution >= 4 is 15.9 Å². The molecule has 2 aromatic rings. The van der Waals surface area contributed by atoms with E-state index < -0.39 is 0 Å². The predicted octanol–water partition coefficient (Wildman–Crippen LogP) is 4.65. The van der Waals surface area contributed by atoms with E-state index in [1.807, 2.05) is 19.9 Å². The summed E-state index contributed by atoms with van der Waals surface area (Å²) in [5, 5.41) is 3.54. The van der Waals surface area contributed by atoms with Crippen molar-refractivity contribution in [2.24, 2.45) is 0 Å². The number of rotatable bonds is 5. The van der Waals surface area contributed by atoms with Gasteiger partial charge in [0.15, 0.2) is 0 Å². The van der Waals surface area contributed by atoms with Crippen LogP contribution in [0.3, 0.4) is 0 Å². The lowest BCUT2D eigenvalue weighted by atomic mass is 10.00. The summed E-state index contributed by atoms with van der Waals surface area (Å²) in [6, 6.07) is 1.95. The van der Waals surface area contributed by atoms with Gasteiger partial charge in [-0.05, 0) is 61.3 Å². The number of furan rings is 2. The monoisotopic (exact) mass is 325 g/mol. The van der Waals surface area contributed by atoms with E-state index in [-0.39, 0.29) is 6.04 Å². The lowest BCUT2D eigenvalue weighted by Crippen LogP contribution is -2.24. The molecule has 0 fully saturated rings. The van der Waals surface area contributed by atoms with Crippen molar-refractivity contribution in [2.45, 2.75) is 40.2 Å². The Kier molecular flexibility index (Phi) is 4.53. The zero-order valence-corrected chi connectivity index (χ0v) is 13.4. The Hall–Kier alpha value is -1.00. The second-order valence-electron chi connectivity index (χ2n) is 4.77. The normalized spacial score (nSPS) is 12.9. The Morgan fingerprint density at radius 3 is 2.47 bits per heavy atom. The fraction of sp³-hybridized carbons (Fsp3) is 0.467. The first-order valence-electron chi connectivity index (χ1n) is 6.59. The Labute approximate surface area is 122 Å². The smallest absolute Gasteiger partial charge is 0.139 e. The molecule has 1 atom stereocenters. The van der Waals surface area contributed by atoms with Crippen LogP contribution in [-0.4, -0.2) is 6.54 Å². The van der Waals surface area contributed by atoms with Crippen molar-refractivity contribution in [1.29, 1.82) is 0 Å². The molecule has 3 nitrogen and oxygen atoms in total. The summed E-state index contributed by atoms with van der Waals surface area (Å²) in [7, 11) is 0. The van der Waals surface area contributed by atoms with E-state index >= 15 is 0 Å². The molecule has 0 saturated carbocycles. The summed E-state index contributed by atoms with van der Waals surface area (Å²) >= 11 is 3.55. The summed E-state index contributed by atoms with van der Waals surface area (Å²) < 4.78 is 12.4. The van der Waals surface area contributed by atoms with Crippen LogP contribution in [0.1, 0.15) is 47.8 Å². The van der Waals surface area contributed by atoms with Crippen molar-refractivity contribution in [2.75, 3.05) is 6.54 Å². The van der Waals surface area contributed by atoms with E-state index in [1.54, 1.807) is 6.26 Å². The molecule has 0 saturated heterocycles. The van der Waals surface area contributed by atoms with Gasteiger partial charge < -0.3 is 14.2 Å². The Morgan fingerprint density at radius 1 is 1.26 bits per heavy atom. The molecule has 0 aliphatic rings. The number of hydrogen-bond acceptors (Lipinski definition) is 3. The van der Waals surface area contributed by atoms with Crippen LogP contribution >= 0.6 is 15.9 Å². The average molecular weight is 326 g/mol. The number of halogens is 1. The molecule has 1 unspecified atom stereocenters. The standard InChI is InChI=1S/C15H20BrNO2/c1-5-7-17-14(15-12(16)6-8-18-15)13-9(2)10(3)19-11(13)4/h6,8,14,17H,5,7H2,1-4H3. The van der Waals surface area contributed by atoms with Crippen molar-refractivity contribution in [3.8, 4) is 0 Å². The fourth-order valence-corrected chi connectivity index (χ4v) is 2.79. The van der Waals surface area contributed by atoms with Gasteiger partial charge in [-0.15, -0.1) is 0 Å². The highest BCUT2D eigenvalue weighted by molar-refractivity contribution is 9.10. The van der Waals surface area contributed by atoms with Gasteiger partial charge in [-0.1, -0.05) is 6.92 Å². The van der Waals surface area contributed by atoms with Gasteiger partial charge in [0.1, 0.15) is 17.3 Å². The van der Waals surface area contributed by atoms with Gasteiger partial charge in [-0.3, -0.25) is 0 Å².